The first-order valence-corrected chi connectivity index (χ1v) is 7.64. The second-order valence-corrected chi connectivity index (χ2v) is 7.31. The first kappa shape index (κ1) is 9.97. The Kier molecular flexibility index (Phi) is 2.18. The molecule has 4 aliphatic carbocycles. The van der Waals surface area contributed by atoms with Crippen molar-refractivity contribution >= 4 is 0 Å². The molecule has 0 N–H and O–H groups in total. The molecule has 0 amide bonds. The van der Waals surface area contributed by atoms with Crippen molar-refractivity contribution in [2.45, 2.75) is 58.3 Å². The van der Waals surface area contributed by atoms with Gasteiger partial charge in [0.05, 0.1) is 0 Å². The van der Waals surface area contributed by atoms with Crippen LogP contribution in [0.25, 0.3) is 0 Å². The summed E-state index contributed by atoms with van der Waals surface area (Å²) in [6.45, 7) is 2.54. The van der Waals surface area contributed by atoms with Gasteiger partial charge in [0.1, 0.15) is 0 Å². The summed E-state index contributed by atoms with van der Waals surface area (Å²) in [5, 5.41) is 0. The minimum absolute atomic E-state index is 1.06. The van der Waals surface area contributed by atoms with Gasteiger partial charge in [0.15, 0.2) is 0 Å². The maximum absolute atomic E-state index is 2.54. The Bertz CT molecular complexity index is 254. The molecule has 4 fully saturated rings. The second kappa shape index (κ2) is 3.50. The predicted molar refractivity (Wildman–Crippen MR) is 66.8 cm³/mol. The molecule has 6 atom stereocenters. The summed E-state index contributed by atoms with van der Waals surface area (Å²) < 4.78 is 0. The Labute approximate surface area is 100 Å². The van der Waals surface area contributed by atoms with E-state index in [2.05, 4.69) is 6.92 Å². The summed E-state index contributed by atoms with van der Waals surface area (Å²) in [5.41, 5.74) is 0. The van der Waals surface area contributed by atoms with Gasteiger partial charge in [-0.05, 0) is 80.0 Å². The molecule has 0 heterocycles. The van der Waals surface area contributed by atoms with E-state index in [1.165, 1.54) is 0 Å². The van der Waals surface area contributed by atoms with Crippen LogP contribution >= 0.6 is 0 Å². The number of rotatable bonds is 2. The number of hydrogen-bond donors (Lipinski definition) is 0. The van der Waals surface area contributed by atoms with Gasteiger partial charge in [-0.1, -0.05) is 19.8 Å². The van der Waals surface area contributed by atoms with Crippen LogP contribution in [0.3, 0.4) is 0 Å². The minimum Gasteiger partial charge on any atom is -0.0585 e. The van der Waals surface area contributed by atoms with Gasteiger partial charge in [-0.15, -0.1) is 0 Å². The molecule has 0 heteroatoms. The molecule has 0 saturated heterocycles. The Morgan fingerprint density at radius 3 is 1.50 bits per heavy atom. The zero-order valence-electron chi connectivity index (χ0n) is 10.6. The fourth-order valence-electron chi connectivity index (χ4n) is 5.88. The van der Waals surface area contributed by atoms with E-state index in [0.29, 0.717) is 0 Å². The van der Waals surface area contributed by atoms with E-state index in [4.69, 9.17) is 0 Å². The lowest BCUT2D eigenvalue weighted by atomic mass is 9.69. The van der Waals surface area contributed by atoms with E-state index < -0.39 is 0 Å². The van der Waals surface area contributed by atoms with Crippen LogP contribution in [0.4, 0.5) is 0 Å². The van der Waals surface area contributed by atoms with Crippen molar-refractivity contribution in [1.29, 1.82) is 0 Å². The molecule has 0 nitrogen and oxygen atoms in total. The first-order chi connectivity index (χ1) is 7.81. The molecule has 0 aromatic heterocycles. The molecule has 6 unspecified atom stereocenters. The lowest BCUT2D eigenvalue weighted by Gasteiger charge is -2.35. The van der Waals surface area contributed by atoms with Crippen molar-refractivity contribution in [3.05, 3.63) is 5.92 Å². The van der Waals surface area contributed by atoms with Crippen LogP contribution in [0.5, 0.6) is 0 Å². The lowest BCUT2D eigenvalue weighted by Crippen LogP contribution is -2.26. The third-order valence-electron chi connectivity index (χ3n) is 6.65. The smallest absolute Gasteiger partial charge is 0.0204 e. The van der Waals surface area contributed by atoms with Crippen LogP contribution in [0.1, 0.15) is 58.3 Å². The van der Waals surface area contributed by atoms with Crippen LogP contribution in [0.2, 0.25) is 0 Å². The number of fused-ring (bicyclic) bond motifs is 4. The van der Waals surface area contributed by atoms with E-state index in [1.54, 1.807) is 51.4 Å². The van der Waals surface area contributed by atoms with Crippen molar-refractivity contribution in [2.24, 2.45) is 35.5 Å². The highest BCUT2D eigenvalue weighted by Gasteiger charge is 2.48. The Hall–Kier alpha value is 0. The molecule has 1 radical (unpaired) electrons. The van der Waals surface area contributed by atoms with E-state index in [1.807, 2.05) is 5.92 Å². The second-order valence-electron chi connectivity index (χ2n) is 7.31. The van der Waals surface area contributed by atoms with Gasteiger partial charge in [0.2, 0.25) is 0 Å². The SMILES string of the molecule is C[C](C1CC2CCC1C2)C1CC2CCC1C2. The van der Waals surface area contributed by atoms with Crippen LogP contribution in [-0.2, 0) is 0 Å². The molecule has 89 valence electrons. The average Bonchev–Trinajstić information content (AvgIpc) is 3.06. The van der Waals surface area contributed by atoms with Gasteiger partial charge in [0, 0.05) is 0 Å². The van der Waals surface area contributed by atoms with Crippen LogP contribution in [0, 0.1) is 41.4 Å². The van der Waals surface area contributed by atoms with Crippen LogP contribution < -0.4 is 0 Å². The van der Waals surface area contributed by atoms with Crippen LogP contribution in [0.15, 0.2) is 0 Å². The van der Waals surface area contributed by atoms with Gasteiger partial charge < -0.3 is 0 Å². The predicted octanol–water partition coefficient (Wildman–Crippen LogP) is 4.45. The quantitative estimate of drug-likeness (QED) is 0.641. The van der Waals surface area contributed by atoms with Crippen molar-refractivity contribution in [3.8, 4) is 0 Å². The highest BCUT2D eigenvalue weighted by atomic mass is 14.5. The molecule has 4 bridgehead atoms. The summed E-state index contributed by atoms with van der Waals surface area (Å²) in [5.74, 6) is 8.56. The molecular formula is C16H25. The monoisotopic (exact) mass is 217 g/mol. The van der Waals surface area contributed by atoms with Gasteiger partial charge in [-0.2, -0.15) is 0 Å². The first-order valence-electron chi connectivity index (χ1n) is 7.64. The molecule has 0 spiro atoms. The summed E-state index contributed by atoms with van der Waals surface area (Å²) in [4.78, 5) is 0. The van der Waals surface area contributed by atoms with E-state index >= 15 is 0 Å². The average molecular weight is 217 g/mol. The van der Waals surface area contributed by atoms with E-state index in [0.717, 1.165) is 35.5 Å². The van der Waals surface area contributed by atoms with Crippen molar-refractivity contribution in [3.63, 3.8) is 0 Å². The summed E-state index contributed by atoms with van der Waals surface area (Å²) in [7, 11) is 0. The highest BCUT2D eigenvalue weighted by molar-refractivity contribution is 5.11. The zero-order valence-corrected chi connectivity index (χ0v) is 10.6. The summed E-state index contributed by atoms with van der Waals surface area (Å²) >= 11 is 0. The molecular weight excluding hydrogens is 192 g/mol. The maximum atomic E-state index is 2.54. The van der Waals surface area contributed by atoms with Crippen molar-refractivity contribution in [1.82, 2.24) is 0 Å². The summed E-state index contributed by atoms with van der Waals surface area (Å²) in [6, 6.07) is 0. The fourth-order valence-corrected chi connectivity index (χ4v) is 5.88. The minimum atomic E-state index is 1.06. The van der Waals surface area contributed by atoms with Crippen molar-refractivity contribution in [2.75, 3.05) is 0 Å². The van der Waals surface area contributed by atoms with E-state index in [9.17, 15) is 0 Å². The van der Waals surface area contributed by atoms with Gasteiger partial charge in [-0.3, -0.25) is 0 Å². The van der Waals surface area contributed by atoms with Gasteiger partial charge in [-0.25, -0.2) is 0 Å². The molecule has 4 rings (SSSR count). The lowest BCUT2D eigenvalue weighted by molar-refractivity contribution is 0.253. The zero-order chi connectivity index (χ0) is 10.7. The Morgan fingerprint density at radius 2 is 1.19 bits per heavy atom. The number of hydrogen-bond acceptors (Lipinski definition) is 0. The standard InChI is InChI=1S/C16H25/c1-10(15-8-11-2-4-13(15)6-11)16-9-12-3-5-14(16)7-12/h11-16H,2-9H2,1H3. The van der Waals surface area contributed by atoms with Crippen molar-refractivity contribution < 1.29 is 0 Å². The molecule has 0 aromatic rings. The maximum Gasteiger partial charge on any atom is -0.0204 e. The molecule has 0 aromatic carbocycles. The topological polar surface area (TPSA) is 0 Å². The largest absolute Gasteiger partial charge is 0.0585 e. The molecule has 4 saturated carbocycles. The molecule has 16 heavy (non-hydrogen) atoms. The third kappa shape index (κ3) is 1.34. The summed E-state index contributed by atoms with van der Waals surface area (Å²) in [6.07, 6.45) is 12.6. The van der Waals surface area contributed by atoms with E-state index in [-0.39, 0.29) is 0 Å². The van der Waals surface area contributed by atoms with Gasteiger partial charge >= 0.3 is 0 Å². The Balaban J connectivity index is 1.48. The normalized spacial score (nSPS) is 54.4. The highest BCUT2D eigenvalue weighted by Crippen LogP contribution is 2.58. The molecule has 0 aliphatic heterocycles. The Morgan fingerprint density at radius 1 is 0.688 bits per heavy atom. The third-order valence-corrected chi connectivity index (χ3v) is 6.65. The molecule has 4 aliphatic rings. The van der Waals surface area contributed by atoms with Gasteiger partial charge in [0.25, 0.3) is 0 Å². The fraction of sp³-hybridized carbons (Fsp3) is 0.938. The van der Waals surface area contributed by atoms with Crippen LogP contribution in [-0.4, -0.2) is 0 Å².